The number of halogens is 2. The van der Waals surface area contributed by atoms with Crippen LogP contribution in [0.5, 0.6) is 0 Å². The first-order valence-corrected chi connectivity index (χ1v) is 6.37. The van der Waals surface area contributed by atoms with Crippen molar-refractivity contribution in [3.05, 3.63) is 57.7 Å². The minimum Gasteiger partial charge on any atom is -0.289 e. The summed E-state index contributed by atoms with van der Waals surface area (Å²) in [6.45, 7) is 4.06. The molecule has 2 N–H and O–H groups in total. The molecule has 0 aliphatic carbocycles. The average Bonchev–Trinajstić information content (AvgIpc) is 2.38. The maximum atomic E-state index is 11.9. The molecule has 8 heteroatoms. The van der Waals surface area contributed by atoms with Crippen LogP contribution in [0, 0.1) is 0 Å². The molecule has 0 saturated heterocycles. The topological polar surface area (TPSA) is 71.8 Å². The lowest BCUT2D eigenvalue weighted by molar-refractivity contribution is 0.816. The lowest BCUT2D eigenvalue weighted by atomic mass is 10.3. The quantitative estimate of drug-likeness (QED) is 0.502. The molecule has 2 rings (SSSR count). The molecule has 0 spiro atoms. The van der Waals surface area contributed by atoms with Crippen molar-refractivity contribution in [1.29, 1.82) is 0 Å². The second kappa shape index (κ2) is 6.51. The fourth-order valence-electron chi connectivity index (χ4n) is 1.45. The fourth-order valence-corrected chi connectivity index (χ4v) is 1.97. The summed E-state index contributed by atoms with van der Waals surface area (Å²) in [6, 6.07) is 4.77. The summed E-state index contributed by atoms with van der Waals surface area (Å²) < 4.78 is 1.25. The van der Waals surface area contributed by atoms with Gasteiger partial charge in [0.1, 0.15) is 6.33 Å². The van der Waals surface area contributed by atoms with Gasteiger partial charge in [0.25, 0.3) is 0 Å². The van der Waals surface area contributed by atoms with E-state index in [4.69, 9.17) is 23.2 Å². The Balaban J connectivity index is 2.29. The van der Waals surface area contributed by atoms with E-state index in [-0.39, 0.29) is 5.95 Å². The molecule has 0 aliphatic rings. The second-order valence-electron chi connectivity index (χ2n) is 3.75. The Kier molecular flexibility index (Phi) is 4.73. The smallest absolute Gasteiger partial charge is 0.289 e. The number of benzene rings is 1. The monoisotopic (exact) mass is 311 g/mol. The van der Waals surface area contributed by atoms with Crippen LogP contribution in [0.25, 0.3) is 5.69 Å². The van der Waals surface area contributed by atoms with Gasteiger partial charge in [-0.15, -0.1) is 6.58 Å². The summed E-state index contributed by atoms with van der Waals surface area (Å²) in [6.07, 6.45) is 3.00. The normalized spacial score (nSPS) is 10.3. The SMILES string of the molecule is C=CCNNc1ncn(-c2cc(Cl)cc(Cl)c2)c(=O)n1. The third-order valence-electron chi connectivity index (χ3n) is 2.28. The van der Waals surface area contributed by atoms with Crippen LogP contribution >= 0.6 is 23.2 Å². The highest BCUT2D eigenvalue weighted by molar-refractivity contribution is 6.34. The van der Waals surface area contributed by atoms with Crippen molar-refractivity contribution < 1.29 is 0 Å². The number of anilines is 1. The highest BCUT2D eigenvalue weighted by Crippen LogP contribution is 2.20. The Morgan fingerprint density at radius 1 is 1.30 bits per heavy atom. The first-order chi connectivity index (χ1) is 9.60. The lowest BCUT2D eigenvalue weighted by Gasteiger charge is -2.08. The molecule has 1 aromatic carbocycles. The predicted molar refractivity (Wildman–Crippen MR) is 79.5 cm³/mol. The van der Waals surface area contributed by atoms with E-state index < -0.39 is 5.69 Å². The van der Waals surface area contributed by atoms with Crippen LogP contribution in [0.15, 0.2) is 42.0 Å². The molecule has 0 atom stereocenters. The van der Waals surface area contributed by atoms with E-state index in [1.54, 1.807) is 24.3 Å². The maximum absolute atomic E-state index is 11.9. The molecule has 0 amide bonds. The van der Waals surface area contributed by atoms with E-state index in [1.165, 1.54) is 10.9 Å². The van der Waals surface area contributed by atoms with Gasteiger partial charge >= 0.3 is 5.69 Å². The largest absolute Gasteiger partial charge is 0.356 e. The van der Waals surface area contributed by atoms with E-state index in [9.17, 15) is 4.79 Å². The predicted octanol–water partition coefficient (Wildman–Crippen LogP) is 2.04. The number of hydrogen-bond donors (Lipinski definition) is 2. The number of nitrogens with one attached hydrogen (secondary N) is 2. The van der Waals surface area contributed by atoms with Gasteiger partial charge in [-0.05, 0) is 18.2 Å². The Morgan fingerprint density at radius 3 is 2.60 bits per heavy atom. The Labute approximate surface area is 125 Å². The van der Waals surface area contributed by atoms with E-state index in [2.05, 4.69) is 27.4 Å². The second-order valence-corrected chi connectivity index (χ2v) is 4.63. The Morgan fingerprint density at radius 2 is 2.00 bits per heavy atom. The van der Waals surface area contributed by atoms with Crippen LogP contribution in [0.1, 0.15) is 0 Å². The maximum Gasteiger partial charge on any atom is 0.356 e. The van der Waals surface area contributed by atoms with Crippen molar-refractivity contribution in [3.63, 3.8) is 0 Å². The summed E-state index contributed by atoms with van der Waals surface area (Å²) in [7, 11) is 0. The minimum atomic E-state index is -0.499. The Hall–Kier alpha value is -1.89. The fraction of sp³-hybridized carbons (Fsp3) is 0.0833. The molecule has 1 heterocycles. The van der Waals surface area contributed by atoms with E-state index in [0.29, 0.717) is 22.3 Å². The molecular weight excluding hydrogens is 301 g/mol. The summed E-state index contributed by atoms with van der Waals surface area (Å²) >= 11 is 11.8. The molecule has 1 aromatic heterocycles. The molecule has 20 heavy (non-hydrogen) atoms. The van der Waals surface area contributed by atoms with E-state index >= 15 is 0 Å². The van der Waals surface area contributed by atoms with Gasteiger partial charge in [-0.2, -0.15) is 4.98 Å². The van der Waals surface area contributed by atoms with Gasteiger partial charge in [-0.25, -0.2) is 15.2 Å². The van der Waals surface area contributed by atoms with Gasteiger partial charge < -0.3 is 0 Å². The molecule has 0 saturated carbocycles. The van der Waals surface area contributed by atoms with Gasteiger partial charge in [0.2, 0.25) is 5.95 Å². The molecule has 0 unspecified atom stereocenters. The summed E-state index contributed by atoms with van der Waals surface area (Å²) in [5, 5.41) is 0.850. The molecule has 0 radical (unpaired) electrons. The number of rotatable bonds is 5. The molecule has 104 valence electrons. The average molecular weight is 312 g/mol. The number of hydrogen-bond acceptors (Lipinski definition) is 5. The molecular formula is C12H11Cl2N5O. The highest BCUT2D eigenvalue weighted by Gasteiger charge is 2.05. The van der Waals surface area contributed by atoms with Gasteiger partial charge in [0.05, 0.1) is 5.69 Å². The van der Waals surface area contributed by atoms with Crippen LogP contribution < -0.4 is 16.5 Å². The van der Waals surface area contributed by atoms with Crippen LogP contribution in [0.2, 0.25) is 10.0 Å². The van der Waals surface area contributed by atoms with Crippen molar-refractivity contribution >= 4 is 29.2 Å². The van der Waals surface area contributed by atoms with Crippen molar-refractivity contribution in [2.45, 2.75) is 0 Å². The van der Waals surface area contributed by atoms with Crippen LogP contribution in [0.4, 0.5) is 5.95 Å². The minimum absolute atomic E-state index is 0.168. The molecule has 0 aliphatic heterocycles. The van der Waals surface area contributed by atoms with Crippen LogP contribution in [0.3, 0.4) is 0 Å². The summed E-state index contributed by atoms with van der Waals surface area (Å²) in [5.41, 5.74) is 5.45. The number of hydrazine groups is 1. The van der Waals surface area contributed by atoms with Crippen LogP contribution in [-0.4, -0.2) is 21.1 Å². The van der Waals surface area contributed by atoms with Crippen molar-refractivity contribution in [2.75, 3.05) is 12.0 Å². The van der Waals surface area contributed by atoms with Crippen molar-refractivity contribution in [1.82, 2.24) is 20.0 Å². The number of aromatic nitrogens is 3. The molecule has 2 aromatic rings. The van der Waals surface area contributed by atoms with Crippen LogP contribution in [-0.2, 0) is 0 Å². The van der Waals surface area contributed by atoms with Crippen molar-refractivity contribution in [2.24, 2.45) is 0 Å². The first-order valence-electron chi connectivity index (χ1n) is 5.62. The van der Waals surface area contributed by atoms with Gasteiger partial charge in [-0.3, -0.25) is 9.99 Å². The van der Waals surface area contributed by atoms with Gasteiger partial charge in [-0.1, -0.05) is 29.3 Å². The van der Waals surface area contributed by atoms with E-state index in [0.717, 1.165) is 0 Å². The van der Waals surface area contributed by atoms with Gasteiger partial charge in [0, 0.05) is 16.6 Å². The zero-order valence-corrected chi connectivity index (χ0v) is 11.8. The van der Waals surface area contributed by atoms with Gasteiger partial charge in [0.15, 0.2) is 0 Å². The molecule has 0 fully saturated rings. The third kappa shape index (κ3) is 3.57. The highest BCUT2D eigenvalue weighted by atomic mass is 35.5. The molecule has 0 bridgehead atoms. The first kappa shape index (κ1) is 14.5. The standard InChI is InChI=1S/C12H11Cl2N5O/c1-2-3-16-18-11-15-7-19(12(20)17-11)10-5-8(13)4-9(14)6-10/h2,4-7,16H,1,3H2,(H,17,18,20). The lowest BCUT2D eigenvalue weighted by Crippen LogP contribution is -2.28. The zero-order valence-electron chi connectivity index (χ0n) is 10.3. The summed E-state index contributed by atoms with van der Waals surface area (Å²) in [4.78, 5) is 19.7. The zero-order chi connectivity index (χ0) is 14.5. The molecule has 6 nitrogen and oxygen atoms in total. The third-order valence-corrected chi connectivity index (χ3v) is 2.71. The number of nitrogens with zero attached hydrogens (tertiary/aromatic N) is 3. The Bertz CT molecular complexity index is 666. The summed E-state index contributed by atoms with van der Waals surface area (Å²) in [5.74, 6) is 0.168. The van der Waals surface area contributed by atoms with Crippen molar-refractivity contribution in [3.8, 4) is 5.69 Å². The van der Waals surface area contributed by atoms with E-state index in [1.807, 2.05) is 0 Å².